The van der Waals surface area contributed by atoms with Gasteiger partial charge in [0.15, 0.2) is 0 Å². The highest BCUT2D eigenvalue weighted by Gasteiger charge is 2.20. The van der Waals surface area contributed by atoms with Crippen molar-refractivity contribution in [3.05, 3.63) is 92.5 Å². The first kappa shape index (κ1) is 22.1. The molecule has 0 atom stereocenters. The maximum absolute atomic E-state index is 12.9. The number of fused-ring (bicyclic) bond motifs is 1. The number of anilines is 1. The van der Waals surface area contributed by atoms with Crippen LogP contribution in [0.3, 0.4) is 0 Å². The van der Waals surface area contributed by atoms with Crippen LogP contribution in [0.25, 0.3) is 16.6 Å². The van der Waals surface area contributed by atoms with E-state index in [0.29, 0.717) is 5.69 Å². The Morgan fingerprint density at radius 3 is 2.65 bits per heavy atom. The number of aromatic nitrogens is 3. The molecule has 2 heterocycles. The number of hydrogen-bond acceptors (Lipinski definition) is 7. The number of H-pyrrole nitrogens is 1. The zero-order chi connectivity index (χ0) is 24.4. The molecule has 2 aromatic carbocycles. The summed E-state index contributed by atoms with van der Waals surface area (Å²) in [6, 6.07) is 8.61. The first-order chi connectivity index (χ1) is 16.2. The van der Waals surface area contributed by atoms with Gasteiger partial charge in [-0.25, -0.2) is 19.0 Å². The molecule has 0 fully saturated rings. The second-order valence-corrected chi connectivity index (χ2v) is 6.98. The molecule has 172 valence electrons. The number of amides is 1. The summed E-state index contributed by atoms with van der Waals surface area (Å²) in [4.78, 5) is 52.4. The smallest absolute Gasteiger partial charge is 0.412 e. The number of hydrogen-bond donors (Lipinski definition) is 3. The Kier molecular flexibility index (Phi) is 5.74. The summed E-state index contributed by atoms with van der Waals surface area (Å²) < 4.78 is 19.3. The van der Waals surface area contributed by atoms with Gasteiger partial charge in [0, 0.05) is 23.3 Å². The molecule has 0 spiro atoms. The van der Waals surface area contributed by atoms with Crippen LogP contribution in [0.1, 0.15) is 16.1 Å². The molecule has 1 amide bonds. The van der Waals surface area contributed by atoms with Crippen LogP contribution >= 0.6 is 0 Å². The average Bonchev–Trinajstić information content (AvgIpc) is 3.26. The maximum Gasteiger partial charge on any atom is 0.412 e. The SMILES string of the molecule is O=C(Nc1ccc(F)cc1)OCc1cn(-c2cc3cc(C(=O)O)c(=O)[nH]c3cc2[N+](=O)[O-])cn1. The topological polar surface area (TPSA) is 169 Å². The number of carbonyl (C=O) groups is 2. The van der Waals surface area contributed by atoms with Crippen molar-refractivity contribution in [2.75, 3.05) is 5.32 Å². The molecule has 0 radical (unpaired) electrons. The van der Waals surface area contributed by atoms with Crippen LogP contribution in [0.15, 0.2) is 59.8 Å². The number of nitro groups is 1. The predicted octanol–water partition coefficient (Wildman–Crippen LogP) is 3.21. The number of halogens is 1. The fraction of sp³-hybridized carbons (Fsp3) is 0.0476. The Morgan fingerprint density at radius 1 is 1.24 bits per heavy atom. The van der Waals surface area contributed by atoms with Crippen molar-refractivity contribution in [2.24, 2.45) is 0 Å². The number of aromatic amines is 1. The summed E-state index contributed by atoms with van der Waals surface area (Å²) in [7, 11) is 0. The highest BCUT2D eigenvalue weighted by Crippen LogP contribution is 2.28. The number of rotatable bonds is 6. The number of carboxylic acid groups (broad SMARTS) is 1. The number of pyridine rings is 1. The molecular weight excluding hydrogens is 453 g/mol. The molecule has 0 aliphatic heterocycles. The van der Waals surface area contributed by atoms with E-state index in [2.05, 4.69) is 15.3 Å². The van der Waals surface area contributed by atoms with Crippen LogP contribution in [-0.4, -0.2) is 36.6 Å². The first-order valence-corrected chi connectivity index (χ1v) is 9.52. The fourth-order valence-corrected chi connectivity index (χ4v) is 3.14. The summed E-state index contributed by atoms with van der Waals surface area (Å²) in [5.74, 6) is -1.90. The van der Waals surface area contributed by atoms with Gasteiger partial charge < -0.3 is 14.8 Å². The third-order valence-electron chi connectivity index (χ3n) is 4.72. The number of nitrogens with zero attached hydrogens (tertiary/aromatic N) is 3. The molecule has 2 aromatic heterocycles. The van der Waals surface area contributed by atoms with Crippen LogP contribution in [0.4, 0.5) is 20.6 Å². The van der Waals surface area contributed by atoms with Crippen LogP contribution in [0.5, 0.6) is 0 Å². The predicted molar refractivity (Wildman–Crippen MR) is 116 cm³/mol. The van der Waals surface area contributed by atoms with E-state index in [9.17, 15) is 28.9 Å². The summed E-state index contributed by atoms with van der Waals surface area (Å²) in [5, 5.41) is 23.4. The third kappa shape index (κ3) is 4.57. The van der Waals surface area contributed by atoms with Crippen molar-refractivity contribution >= 4 is 34.3 Å². The van der Waals surface area contributed by atoms with Crippen molar-refractivity contribution in [1.29, 1.82) is 0 Å². The summed E-state index contributed by atoms with van der Waals surface area (Å²) >= 11 is 0. The van der Waals surface area contributed by atoms with Gasteiger partial charge in [0.25, 0.3) is 11.2 Å². The minimum atomic E-state index is -1.44. The lowest BCUT2D eigenvalue weighted by Crippen LogP contribution is -2.17. The van der Waals surface area contributed by atoms with E-state index in [1.807, 2.05) is 0 Å². The van der Waals surface area contributed by atoms with E-state index in [-0.39, 0.29) is 34.6 Å². The number of nitro benzene ring substituents is 1. The summed E-state index contributed by atoms with van der Waals surface area (Å²) in [6.45, 7) is -0.266. The Labute approximate surface area is 188 Å². The minimum Gasteiger partial charge on any atom is -0.477 e. The highest BCUT2D eigenvalue weighted by atomic mass is 19.1. The van der Waals surface area contributed by atoms with Gasteiger partial charge in [-0.3, -0.25) is 24.8 Å². The molecule has 4 aromatic rings. The normalized spacial score (nSPS) is 10.7. The largest absolute Gasteiger partial charge is 0.477 e. The molecule has 0 saturated heterocycles. The van der Waals surface area contributed by atoms with Gasteiger partial charge >= 0.3 is 12.1 Å². The van der Waals surface area contributed by atoms with Crippen molar-refractivity contribution < 1.29 is 28.7 Å². The second-order valence-electron chi connectivity index (χ2n) is 6.98. The van der Waals surface area contributed by atoms with Crippen LogP contribution in [0.2, 0.25) is 0 Å². The number of imidazole rings is 1. The zero-order valence-corrected chi connectivity index (χ0v) is 17.0. The highest BCUT2D eigenvalue weighted by molar-refractivity contribution is 5.94. The average molecular weight is 467 g/mol. The number of nitrogens with one attached hydrogen (secondary N) is 2. The number of ether oxygens (including phenoxy) is 1. The van der Waals surface area contributed by atoms with Crippen LogP contribution < -0.4 is 10.9 Å². The van der Waals surface area contributed by atoms with E-state index < -0.39 is 33.9 Å². The first-order valence-electron chi connectivity index (χ1n) is 9.52. The molecule has 0 aliphatic carbocycles. The molecule has 0 aliphatic rings. The Morgan fingerprint density at radius 2 is 1.97 bits per heavy atom. The number of aromatic carboxylic acids is 1. The van der Waals surface area contributed by atoms with Crippen molar-refractivity contribution in [2.45, 2.75) is 6.61 Å². The Hall–Kier alpha value is -5.07. The molecule has 34 heavy (non-hydrogen) atoms. The lowest BCUT2D eigenvalue weighted by atomic mass is 10.1. The van der Waals surface area contributed by atoms with Gasteiger partial charge in [-0.2, -0.15) is 0 Å². The van der Waals surface area contributed by atoms with Gasteiger partial charge in [0.1, 0.15) is 23.7 Å². The lowest BCUT2D eigenvalue weighted by Gasteiger charge is -2.07. The Balaban J connectivity index is 1.58. The van der Waals surface area contributed by atoms with Gasteiger partial charge in [0.05, 0.1) is 22.5 Å². The van der Waals surface area contributed by atoms with Crippen LogP contribution in [0, 0.1) is 15.9 Å². The molecule has 13 heteroatoms. The fourth-order valence-electron chi connectivity index (χ4n) is 3.14. The van der Waals surface area contributed by atoms with Gasteiger partial charge in [-0.15, -0.1) is 0 Å². The van der Waals surface area contributed by atoms with Crippen molar-refractivity contribution in [3.8, 4) is 5.69 Å². The molecule has 12 nitrogen and oxygen atoms in total. The van der Waals surface area contributed by atoms with Crippen molar-refractivity contribution in [3.63, 3.8) is 0 Å². The van der Waals surface area contributed by atoms with E-state index >= 15 is 0 Å². The molecule has 4 rings (SSSR count). The third-order valence-corrected chi connectivity index (χ3v) is 4.72. The van der Waals surface area contributed by atoms with E-state index in [1.54, 1.807) is 0 Å². The summed E-state index contributed by atoms with van der Waals surface area (Å²) in [6.07, 6.45) is 1.83. The van der Waals surface area contributed by atoms with E-state index in [1.165, 1.54) is 47.4 Å². The standard InChI is InChI=1S/C21H14FN5O7/c22-12-1-3-13(4-2-12)24-21(31)34-9-14-8-26(10-23-14)17-6-11-5-15(20(29)30)19(28)25-16(11)7-18(17)27(32)33/h1-8,10H,9H2,(H,24,31)(H,25,28)(H,29,30). The molecule has 0 bridgehead atoms. The van der Waals surface area contributed by atoms with Crippen molar-refractivity contribution in [1.82, 2.24) is 14.5 Å². The second kappa shape index (κ2) is 8.82. The maximum atomic E-state index is 12.9. The number of benzene rings is 2. The molecular formula is C21H14FN5O7. The monoisotopic (exact) mass is 467 g/mol. The summed E-state index contributed by atoms with van der Waals surface area (Å²) in [5.41, 5.74) is -1.05. The quantitative estimate of drug-likeness (QED) is 0.287. The number of carbonyl (C=O) groups excluding carboxylic acids is 1. The lowest BCUT2D eigenvalue weighted by molar-refractivity contribution is -0.384. The van der Waals surface area contributed by atoms with Gasteiger partial charge in [-0.05, 0) is 36.4 Å². The molecule has 3 N–H and O–H groups in total. The van der Waals surface area contributed by atoms with E-state index in [4.69, 9.17) is 9.84 Å². The van der Waals surface area contributed by atoms with E-state index in [0.717, 1.165) is 12.1 Å². The van der Waals surface area contributed by atoms with Crippen LogP contribution in [-0.2, 0) is 11.3 Å². The Bertz CT molecular complexity index is 1490. The zero-order valence-electron chi connectivity index (χ0n) is 17.0. The molecule has 0 saturated carbocycles. The van der Waals surface area contributed by atoms with Gasteiger partial charge in [-0.1, -0.05) is 0 Å². The molecule has 0 unspecified atom stereocenters. The minimum absolute atomic E-state index is 0.0513. The number of carboxylic acids is 1. The van der Waals surface area contributed by atoms with Gasteiger partial charge in [0.2, 0.25) is 0 Å².